The quantitative estimate of drug-likeness (QED) is 0.926. The molecule has 1 aromatic rings. The highest BCUT2D eigenvalue weighted by molar-refractivity contribution is 9.10. The zero-order valence-corrected chi connectivity index (χ0v) is 13.0. The SMILES string of the molecule is CC(C)c1c(CC2(N)CC2)cc(Br)c2c1OCCO2. The van der Waals surface area contributed by atoms with Crippen LogP contribution in [0.3, 0.4) is 0 Å². The Labute approximate surface area is 122 Å². The molecule has 0 radical (unpaired) electrons. The summed E-state index contributed by atoms with van der Waals surface area (Å²) >= 11 is 3.60. The Kier molecular flexibility index (Phi) is 3.26. The molecule has 3 nitrogen and oxygen atoms in total. The minimum atomic E-state index is 0.00679. The van der Waals surface area contributed by atoms with Gasteiger partial charge in [-0.25, -0.2) is 0 Å². The predicted octanol–water partition coefficient (Wildman–Crippen LogP) is 3.38. The summed E-state index contributed by atoms with van der Waals surface area (Å²) in [7, 11) is 0. The average molecular weight is 326 g/mol. The first kappa shape index (κ1) is 13.3. The van der Waals surface area contributed by atoms with Gasteiger partial charge >= 0.3 is 0 Å². The van der Waals surface area contributed by atoms with E-state index < -0.39 is 0 Å². The Bertz CT molecular complexity index is 509. The molecule has 0 atom stereocenters. The maximum absolute atomic E-state index is 6.29. The van der Waals surface area contributed by atoms with Gasteiger partial charge in [0.05, 0.1) is 4.47 Å². The summed E-state index contributed by atoms with van der Waals surface area (Å²) in [5, 5.41) is 0. The fourth-order valence-electron chi connectivity index (χ4n) is 2.73. The molecule has 1 aromatic carbocycles. The molecule has 1 heterocycles. The van der Waals surface area contributed by atoms with Gasteiger partial charge in [0.2, 0.25) is 0 Å². The smallest absolute Gasteiger partial charge is 0.175 e. The van der Waals surface area contributed by atoms with Crippen molar-refractivity contribution in [2.75, 3.05) is 13.2 Å². The van der Waals surface area contributed by atoms with Crippen molar-refractivity contribution in [3.8, 4) is 11.5 Å². The Morgan fingerprint density at radius 3 is 2.47 bits per heavy atom. The van der Waals surface area contributed by atoms with Crippen LogP contribution in [0.15, 0.2) is 10.5 Å². The summed E-state index contributed by atoms with van der Waals surface area (Å²) in [6, 6.07) is 2.16. The molecular formula is C15H20BrNO2. The van der Waals surface area contributed by atoms with Crippen molar-refractivity contribution in [2.24, 2.45) is 5.73 Å². The molecule has 0 saturated heterocycles. The first-order valence-electron chi connectivity index (χ1n) is 6.90. The van der Waals surface area contributed by atoms with E-state index in [1.54, 1.807) is 0 Å². The zero-order chi connectivity index (χ0) is 13.6. The van der Waals surface area contributed by atoms with Crippen LogP contribution in [-0.2, 0) is 6.42 Å². The monoisotopic (exact) mass is 325 g/mol. The van der Waals surface area contributed by atoms with Crippen LogP contribution in [-0.4, -0.2) is 18.8 Å². The van der Waals surface area contributed by atoms with Crippen LogP contribution in [0.4, 0.5) is 0 Å². The van der Waals surface area contributed by atoms with Crippen molar-refractivity contribution in [1.29, 1.82) is 0 Å². The van der Waals surface area contributed by atoms with E-state index in [2.05, 4.69) is 35.8 Å². The Morgan fingerprint density at radius 1 is 1.26 bits per heavy atom. The van der Waals surface area contributed by atoms with E-state index in [9.17, 15) is 0 Å². The maximum Gasteiger partial charge on any atom is 0.175 e. The molecule has 0 aromatic heterocycles. The van der Waals surface area contributed by atoms with Crippen LogP contribution in [0.1, 0.15) is 43.7 Å². The lowest BCUT2D eigenvalue weighted by atomic mass is 9.91. The van der Waals surface area contributed by atoms with E-state index in [-0.39, 0.29) is 5.54 Å². The highest BCUT2D eigenvalue weighted by Crippen LogP contribution is 2.47. The first-order chi connectivity index (χ1) is 9.00. The second kappa shape index (κ2) is 4.67. The van der Waals surface area contributed by atoms with Gasteiger partial charge < -0.3 is 15.2 Å². The van der Waals surface area contributed by atoms with Crippen molar-refractivity contribution < 1.29 is 9.47 Å². The van der Waals surface area contributed by atoms with Crippen LogP contribution >= 0.6 is 15.9 Å². The first-order valence-corrected chi connectivity index (χ1v) is 7.69. The predicted molar refractivity (Wildman–Crippen MR) is 79.1 cm³/mol. The molecule has 104 valence electrons. The van der Waals surface area contributed by atoms with Gasteiger partial charge in [0.15, 0.2) is 11.5 Å². The number of fused-ring (bicyclic) bond motifs is 1. The molecule has 0 unspecified atom stereocenters. The molecule has 1 aliphatic heterocycles. The molecule has 0 amide bonds. The topological polar surface area (TPSA) is 44.5 Å². The third kappa shape index (κ3) is 2.48. The van der Waals surface area contributed by atoms with Gasteiger partial charge in [-0.1, -0.05) is 13.8 Å². The van der Waals surface area contributed by atoms with E-state index >= 15 is 0 Å². The zero-order valence-electron chi connectivity index (χ0n) is 11.5. The molecule has 0 spiro atoms. The number of nitrogens with two attached hydrogens (primary N) is 1. The van der Waals surface area contributed by atoms with Crippen LogP contribution < -0.4 is 15.2 Å². The average Bonchev–Trinajstić information content (AvgIpc) is 3.06. The van der Waals surface area contributed by atoms with Crippen LogP contribution in [0, 0.1) is 0 Å². The van der Waals surface area contributed by atoms with Crippen molar-refractivity contribution in [2.45, 2.75) is 44.6 Å². The summed E-state index contributed by atoms with van der Waals surface area (Å²) in [4.78, 5) is 0. The third-order valence-corrected chi connectivity index (χ3v) is 4.49. The lowest BCUT2D eigenvalue weighted by molar-refractivity contribution is 0.168. The summed E-state index contributed by atoms with van der Waals surface area (Å²) in [5.41, 5.74) is 8.85. The van der Waals surface area contributed by atoms with Crippen LogP contribution in [0.25, 0.3) is 0 Å². The minimum absolute atomic E-state index is 0.00679. The molecule has 4 heteroatoms. The van der Waals surface area contributed by atoms with Gasteiger partial charge in [-0.2, -0.15) is 0 Å². The normalized spacial score (nSPS) is 19.6. The molecule has 1 fully saturated rings. The Hall–Kier alpha value is -0.740. The standard InChI is InChI=1S/C15H20BrNO2/c1-9(2)12-10(8-15(17)3-4-15)7-11(16)13-14(12)19-6-5-18-13/h7,9H,3-6,8,17H2,1-2H3. The van der Waals surface area contributed by atoms with Crippen LogP contribution in [0.2, 0.25) is 0 Å². The minimum Gasteiger partial charge on any atom is -0.486 e. The second-order valence-electron chi connectivity index (χ2n) is 5.98. The Morgan fingerprint density at radius 2 is 1.89 bits per heavy atom. The van der Waals surface area contributed by atoms with E-state index in [0.29, 0.717) is 19.1 Å². The van der Waals surface area contributed by atoms with Crippen molar-refractivity contribution in [3.63, 3.8) is 0 Å². The van der Waals surface area contributed by atoms with Gasteiger partial charge in [0.1, 0.15) is 13.2 Å². The lowest BCUT2D eigenvalue weighted by Gasteiger charge is -2.27. The number of hydrogen-bond donors (Lipinski definition) is 1. The van der Waals surface area contributed by atoms with Gasteiger partial charge in [-0.05, 0) is 52.7 Å². The number of hydrogen-bond acceptors (Lipinski definition) is 3. The maximum atomic E-state index is 6.29. The molecule has 1 aliphatic carbocycles. The van der Waals surface area contributed by atoms with E-state index in [1.165, 1.54) is 11.1 Å². The summed E-state index contributed by atoms with van der Waals surface area (Å²) in [6.07, 6.45) is 3.17. The number of benzene rings is 1. The van der Waals surface area contributed by atoms with Gasteiger partial charge in [-0.15, -0.1) is 0 Å². The third-order valence-electron chi connectivity index (χ3n) is 3.90. The molecule has 19 heavy (non-hydrogen) atoms. The molecule has 3 rings (SSSR count). The summed E-state index contributed by atoms with van der Waals surface area (Å²) < 4.78 is 12.6. The highest BCUT2D eigenvalue weighted by atomic mass is 79.9. The van der Waals surface area contributed by atoms with E-state index in [0.717, 1.165) is 35.2 Å². The fraction of sp³-hybridized carbons (Fsp3) is 0.600. The molecule has 0 bridgehead atoms. The number of ether oxygens (including phenoxy) is 2. The molecule has 2 N–H and O–H groups in total. The van der Waals surface area contributed by atoms with E-state index in [4.69, 9.17) is 15.2 Å². The fourth-order valence-corrected chi connectivity index (χ4v) is 3.30. The van der Waals surface area contributed by atoms with Gasteiger partial charge in [-0.3, -0.25) is 0 Å². The lowest BCUT2D eigenvalue weighted by Crippen LogP contribution is -2.26. The summed E-state index contributed by atoms with van der Waals surface area (Å²) in [6.45, 7) is 5.63. The van der Waals surface area contributed by atoms with Crippen LogP contribution in [0.5, 0.6) is 11.5 Å². The second-order valence-corrected chi connectivity index (χ2v) is 6.83. The van der Waals surface area contributed by atoms with Crippen molar-refractivity contribution in [3.05, 3.63) is 21.7 Å². The number of rotatable bonds is 3. The highest BCUT2D eigenvalue weighted by Gasteiger charge is 2.39. The van der Waals surface area contributed by atoms with Crippen molar-refractivity contribution in [1.82, 2.24) is 0 Å². The van der Waals surface area contributed by atoms with Gasteiger partial charge in [0, 0.05) is 11.1 Å². The van der Waals surface area contributed by atoms with E-state index in [1.807, 2.05) is 0 Å². The molecular weight excluding hydrogens is 306 g/mol. The summed E-state index contributed by atoms with van der Waals surface area (Å²) in [5.74, 6) is 2.16. The molecule has 2 aliphatic rings. The van der Waals surface area contributed by atoms with Gasteiger partial charge in [0.25, 0.3) is 0 Å². The van der Waals surface area contributed by atoms with Crippen molar-refractivity contribution >= 4 is 15.9 Å². The Balaban J connectivity index is 2.09. The number of halogens is 1. The molecule has 1 saturated carbocycles. The largest absolute Gasteiger partial charge is 0.486 e.